The summed E-state index contributed by atoms with van der Waals surface area (Å²) in [6.07, 6.45) is 3.96. The Morgan fingerprint density at radius 1 is 1.02 bits per heavy atom. The lowest BCUT2D eigenvalue weighted by Crippen LogP contribution is -2.68. The molecule has 5 fully saturated rings. The number of carbonyl (C=O) groups excluding carboxylic acids is 1. The minimum Gasteiger partial charge on any atom is -0.396 e. The zero-order valence-corrected chi connectivity index (χ0v) is 28.4. The summed E-state index contributed by atoms with van der Waals surface area (Å²) in [5.74, 6) is 6.03. The highest BCUT2D eigenvalue weighted by molar-refractivity contribution is 5.95. The molecule has 262 valence electrons. The van der Waals surface area contributed by atoms with Crippen molar-refractivity contribution in [2.24, 2.45) is 39.9 Å². The lowest BCUT2D eigenvalue weighted by atomic mass is 9.43. The van der Waals surface area contributed by atoms with Crippen molar-refractivity contribution in [2.75, 3.05) is 26.9 Å². The van der Waals surface area contributed by atoms with Gasteiger partial charge in [-0.2, -0.15) is 0 Å². The first-order valence-corrected chi connectivity index (χ1v) is 18.0. The fourth-order valence-corrected chi connectivity index (χ4v) is 11.9. The van der Waals surface area contributed by atoms with E-state index in [1.165, 1.54) is 0 Å². The van der Waals surface area contributed by atoms with E-state index in [-0.39, 0.29) is 47.7 Å². The second-order valence-corrected chi connectivity index (χ2v) is 16.6. The summed E-state index contributed by atoms with van der Waals surface area (Å²) in [7, 11) is 1.68. The number of ketones is 1. The van der Waals surface area contributed by atoms with Crippen LogP contribution in [0, 0.1) is 51.8 Å². The van der Waals surface area contributed by atoms with Gasteiger partial charge in [0.05, 0.1) is 23.2 Å². The molecular weight excluding hydrogens is 602 g/mol. The number of piperidine rings is 1. The largest absolute Gasteiger partial charge is 0.396 e. The van der Waals surface area contributed by atoms with Crippen LogP contribution in [0.15, 0.2) is 11.6 Å². The van der Waals surface area contributed by atoms with Crippen LogP contribution in [0.2, 0.25) is 0 Å². The van der Waals surface area contributed by atoms with Gasteiger partial charge in [-0.25, -0.2) is 0 Å². The zero-order chi connectivity index (χ0) is 33.6. The Balaban J connectivity index is 1.25. The molecule has 10 nitrogen and oxygen atoms in total. The van der Waals surface area contributed by atoms with Crippen LogP contribution in [-0.2, 0) is 19.0 Å². The molecule has 15 atom stereocenters. The molecule has 7 rings (SSSR count). The highest BCUT2D eigenvalue weighted by Crippen LogP contribution is 2.73. The molecule has 0 aromatic carbocycles. The molecule has 15 unspecified atom stereocenters. The first kappa shape index (κ1) is 34.1. The highest BCUT2D eigenvalue weighted by atomic mass is 16.5. The molecule has 47 heavy (non-hydrogen) atoms. The van der Waals surface area contributed by atoms with Crippen molar-refractivity contribution in [2.45, 2.75) is 133 Å². The predicted molar refractivity (Wildman–Crippen MR) is 172 cm³/mol. The first-order chi connectivity index (χ1) is 22.3. The Bertz CT molecular complexity index is 1340. The van der Waals surface area contributed by atoms with Crippen LogP contribution in [0.5, 0.6) is 0 Å². The van der Waals surface area contributed by atoms with E-state index in [4.69, 9.17) is 14.2 Å². The van der Waals surface area contributed by atoms with E-state index in [1.807, 2.05) is 6.92 Å². The second-order valence-electron chi connectivity index (χ2n) is 16.6. The summed E-state index contributed by atoms with van der Waals surface area (Å²) in [4.78, 5) is 14.0. The Kier molecular flexibility index (Phi) is 8.59. The molecule has 6 N–H and O–H groups in total. The van der Waals surface area contributed by atoms with Gasteiger partial charge in [-0.1, -0.05) is 19.8 Å². The maximum absolute atomic E-state index is 14.0. The van der Waals surface area contributed by atoms with Crippen molar-refractivity contribution in [1.29, 1.82) is 0 Å². The summed E-state index contributed by atoms with van der Waals surface area (Å²) in [5.41, 5.74) is -5.02. The van der Waals surface area contributed by atoms with Crippen molar-refractivity contribution in [3.8, 4) is 11.8 Å². The van der Waals surface area contributed by atoms with Crippen molar-refractivity contribution in [3.05, 3.63) is 11.6 Å². The smallest absolute Gasteiger partial charge is 0.159 e. The fourth-order valence-electron chi connectivity index (χ4n) is 11.9. The number of nitrogens with one attached hydrogen (secondary N) is 1. The molecule has 0 amide bonds. The number of hydrogen-bond acceptors (Lipinski definition) is 10. The van der Waals surface area contributed by atoms with E-state index in [2.05, 4.69) is 24.1 Å². The van der Waals surface area contributed by atoms with E-state index in [0.29, 0.717) is 51.7 Å². The standard InChI is InChI=1S/C37H55NO9/c1-33-11-8-22(46-16-6-15-45-4)18-27(33)28(40)19-26-25(33)9-12-34(2)36(13-14-37(26,34)44)10-5-7-21-17-23-24(20-39)29(31(41)35(36,3)43)47-30(23)32(42)38-21/h19,21-25,27,29-32,38-39,41-44H,6-9,11-18,20H2,1-4H3. The number of ether oxygens (including phenoxy) is 3. The van der Waals surface area contributed by atoms with Crippen LogP contribution in [0.25, 0.3) is 0 Å². The van der Waals surface area contributed by atoms with Gasteiger partial charge in [0.1, 0.15) is 24.0 Å². The lowest BCUT2D eigenvalue weighted by Gasteiger charge is -2.62. The van der Waals surface area contributed by atoms with E-state index in [1.54, 1.807) is 20.1 Å². The molecule has 10 heteroatoms. The minimum absolute atomic E-state index is 0.0116. The Hall–Kier alpha value is -1.39. The number of aliphatic hydroxyl groups excluding tert-OH is 3. The molecule has 0 radical (unpaired) electrons. The van der Waals surface area contributed by atoms with Gasteiger partial charge < -0.3 is 39.7 Å². The number of fused-ring (bicyclic) bond motifs is 8. The fraction of sp³-hybridized carbons (Fsp3) is 0.865. The van der Waals surface area contributed by atoms with E-state index >= 15 is 0 Å². The number of methoxy groups -OCH3 is 1. The number of allylic oxidation sites excluding steroid dienone is 1. The third-order valence-corrected chi connectivity index (χ3v) is 14.7. The number of hydrogen-bond donors (Lipinski definition) is 6. The summed E-state index contributed by atoms with van der Waals surface area (Å²) >= 11 is 0. The van der Waals surface area contributed by atoms with Crippen molar-refractivity contribution >= 4 is 5.78 Å². The molecule has 2 heterocycles. The van der Waals surface area contributed by atoms with Gasteiger partial charge >= 0.3 is 0 Å². The first-order valence-electron chi connectivity index (χ1n) is 18.0. The second kappa shape index (κ2) is 11.9. The molecular formula is C37H55NO9. The molecule has 7 aliphatic rings. The third-order valence-electron chi connectivity index (χ3n) is 14.7. The van der Waals surface area contributed by atoms with Crippen LogP contribution in [-0.4, -0.2) is 106 Å². The van der Waals surface area contributed by atoms with Crippen LogP contribution >= 0.6 is 0 Å². The average molecular weight is 658 g/mol. The maximum atomic E-state index is 14.0. The topological polar surface area (TPSA) is 158 Å². The van der Waals surface area contributed by atoms with Gasteiger partial charge in [0, 0.05) is 56.6 Å². The number of carbonyl (C=O) groups is 1. The van der Waals surface area contributed by atoms with Crippen LogP contribution in [0.3, 0.4) is 0 Å². The van der Waals surface area contributed by atoms with Gasteiger partial charge in [0.25, 0.3) is 0 Å². The van der Waals surface area contributed by atoms with E-state index in [0.717, 1.165) is 31.3 Å². The van der Waals surface area contributed by atoms with Crippen LogP contribution in [0.4, 0.5) is 0 Å². The highest BCUT2D eigenvalue weighted by Gasteiger charge is 2.76. The van der Waals surface area contributed by atoms with E-state index < -0.39 is 52.5 Å². The van der Waals surface area contributed by atoms with Gasteiger partial charge in [-0.05, 0) is 93.6 Å². The SMILES string of the molecule is COCCCOC1CCC2(C)C(C1)C(=O)C=C1C2CCC2(C)C1(O)CCC21C#CCC2CC3C(CO)C(OC3C(O)N2)C(O)C1(C)O. The van der Waals surface area contributed by atoms with Gasteiger partial charge in [-0.15, -0.1) is 5.92 Å². The summed E-state index contributed by atoms with van der Waals surface area (Å²) < 4.78 is 17.6. The Labute approximate surface area is 278 Å². The van der Waals surface area contributed by atoms with Crippen molar-refractivity contribution in [3.63, 3.8) is 0 Å². The lowest BCUT2D eigenvalue weighted by molar-refractivity contribution is -0.224. The monoisotopic (exact) mass is 657 g/mol. The summed E-state index contributed by atoms with van der Waals surface area (Å²) in [6, 6.07) is -0.147. The molecule has 3 saturated carbocycles. The summed E-state index contributed by atoms with van der Waals surface area (Å²) in [5, 5.41) is 62.4. The average Bonchev–Trinajstić information content (AvgIpc) is 3.52. The molecule has 2 aliphatic heterocycles. The number of rotatable bonds is 6. The Morgan fingerprint density at radius 3 is 2.55 bits per heavy atom. The van der Waals surface area contributed by atoms with Gasteiger partial charge in [0.15, 0.2) is 5.78 Å². The Morgan fingerprint density at radius 2 is 1.81 bits per heavy atom. The minimum atomic E-state index is -1.84. The normalized spacial score (nSPS) is 53.4. The third kappa shape index (κ3) is 4.68. The quantitative estimate of drug-likeness (QED) is 0.184. The number of aliphatic hydroxyl groups is 5. The van der Waals surface area contributed by atoms with Crippen LogP contribution in [0.1, 0.15) is 85.0 Å². The molecule has 2 saturated heterocycles. The molecule has 0 aromatic rings. The maximum Gasteiger partial charge on any atom is 0.159 e. The predicted octanol–water partition coefficient (Wildman–Crippen LogP) is 1.84. The molecule has 0 aromatic heterocycles. The summed E-state index contributed by atoms with van der Waals surface area (Å²) in [6.45, 7) is 6.83. The van der Waals surface area contributed by atoms with Crippen molar-refractivity contribution < 1.29 is 44.5 Å². The molecule has 5 aliphatic carbocycles. The van der Waals surface area contributed by atoms with E-state index in [9.17, 15) is 30.3 Å². The van der Waals surface area contributed by atoms with Crippen LogP contribution < -0.4 is 5.32 Å². The molecule has 3 bridgehead atoms. The van der Waals surface area contributed by atoms with Crippen molar-refractivity contribution in [1.82, 2.24) is 5.32 Å². The van der Waals surface area contributed by atoms with Gasteiger partial charge in [0.2, 0.25) is 0 Å². The van der Waals surface area contributed by atoms with Gasteiger partial charge in [-0.3, -0.25) is 10.1 Å². The molecule has 1 spiro atoms. The zero-order valence-electron chi connectivity index (χ0n) is 28.4.